The highest BCUT2D eigenvalue weighted by molar-refractivity contribution is 7.88. The van der Waals surface area contributed by atoms with Gasteiger partial charge >= 0.3 is 0 Å². The van der Waals surface area contributed by atoms with Gasteiger partial charge in [-0.1, -0.05) is 30.3 Å². The van der Waals surface area contributed by atoms with E-state index in [2.05, 4.69) is 5.32 Å². The first kappa shape index (κ1) is 23.9. The summed E-state index contributed by atoms with van der Waals surface area (Å²) in [7, 11) is -3.46. The fourth-order valence-electron chi connectivity index (χ4n) is 4.18. The monoisotopic (exact) mass is 484 g/mol. The van der Waals surface area contributed by atoms with E-state index < -0.39 is 10.0 Å². The quantitative estimate of drug-likeness (QED) is 0.636. The molecule has 0 unspecified atom stereocenters. The van der Waals surface area contributed by atoms with Gasteiger partial charge in [0.1, 0.15) is 0 Å². The lowest BCUT2D eigenvalue weighted by molar-refractivity contribution is -0.131. The number of hydrogen-bond donors (Lipinski definition) is 1. The molecule has 4 rings (SSSR count). The molecule has 2 aliphatic heterocycles. The maximum absolute atomic E-state index is 12.7. The summed E-state index contributed by atoms with van der Waals surface area (Å²) in [6.45, 7) is 1.53. The average molecular weight is 485 g/mol. The lowest BCUT2D eigenvalue weighted by atomic mass is 10.2. The molecule has 180 valence electrons. The number of rotatable bonds is 7. The van der Waals surface area contributed by atoms with Crippen molar-refractivity contribution in [2.45, 2.75) is 18.6 Å². The first-order valence-electron chi connectivity index (χ1n) is 11.3. The molecule has 2 heterocycles. The summed E-state index contributed by atoms with van der Waals surface area (Å²) in [6, 6.07) is 15.7. The molecule has 2 saturated heterocycles. The standard InChI is InChI=1S/C24H28N4O5S/c29-22-7-4-12-28(22)21-10-8-20(9-11-21)24(31)25-17-23(30)26-13-15-27(16-14-26)34(32,33)18-19-5-2-1-3-6-19/h1-3,5-6,8-11H,4,7,12-18H2,(H,25,31). The number of carbonyl (C=O) groups is 3. The molecule has 0 saturated carbocycles. The Hall–Kier alpha value is -3.24. The number of carbonyl (C=O) groups excluding carboxylic acids is 3. The van der Waals surface area contributed by atoms with E-state index in [-0.39, 0.29) is 56.2 Å². The minimum atomic E-state index is -3.46. The molecule has 2 aromatic rings. The Morgan fingerprint density at radius 2 is 1.56 bits per heavy atom. The molecule has 1 N–H and O–H groups in total. The molecule has 2 fully saturated rings. The van der Waals surface area contributed by atoms with E-state index >= 15 is 0 Å². The van der Waals surface area contributed by atoms with Crippen LogP contribution in [0.5, 0.6) is 0 Å². The van der Waals surface area contributed by atoms with Crippen LogP contribution in [0.3, 0.4) is 0 Å². The third kappa shape index (κ3) is 5.63. The highest BCUT2D eigenvalue weighted by atomic mass is 32.2. The van der Waals surface area contributed by atoms with E-state index in [4.69, 9.17) is 0 Å². The fraction of sp³-hybridized carbons (Fsp3) is 0.375. The molecule has 9 nitrogen and oxygen atoms in total. The van der Waals surface area contributed by atoms with Crippen molar-refractivity contribution in [3.05, 3.63) is 65.7 Å². The summed E-state index contributed by atoms with van der Waals surface area (Å²) in [5.41, 5.74) is 1.89. The lowest BCUT2D eigenvalue weighted by Crippen LogP contribution is -2.52. The van der Waals surface area contributed by atoms with E-state index in [1.807, 2.05) is 6.07 Å². The Bertz CT molecular complexity index is 1140. The predicted octanol–water partition coefficient (Wildman–Crippen LogP) is 1.22. The van der Waals surface area contributed by atoms with Gasteiger partial charge < -0.3 is 15.1 Å². The molecular weight excluding hydrogens is 456 g/mol. The number of piperazine rings is 1. The van der Waals surface area contributed by atoms with Crippen molar-refractivity contribution in [2.24, 2.45) is 0 Å². The Kier molecular flexibility index (Phi) is 7.28. The molecule has 2 aromatic carbocycles. The lowest BCUT2D eigenvalue weighted by Gasteiger charge is -2.34. The van der Waals surface area contributed by atoms with Crippen LogP contribution in [0, 0.1) is 0 Å². The molecule has 0 spiro atoms. The van der Waals surface area contributed by atoms with Crippen molar-refractivity contribution >= 4 is 33.4 Å². The third-order valence-electron chi connectivity index (χ3n) is 6.09. The zero-order chi connectivity index (χ0) is 24.1. The van der Waals surface area contributed by atoms with E-state index in [9.17, 15) is 22.8 Å². The van der Waals surface area contributed by atoms with Crippen molar-refractivity contribution in [1.29, 1.82) is 0 Å². The van der Waals surface area contributed by atoms with Crippen LogP contribution in [-0.2, 0) is 25.4 Å². The molecule has 0 aliphatic carbocycles. The first-order chi connectivity index (χ1) is 16.3. The SMILES string of the molecule is O=C(NCC(=O)N1CCN(S(=O)(=O)Cc2ccccc2)CC1)c1ccc(N2CCCC2=O)cc1. The van der Waals surface area contributed by atoms with Crippen LogP contribution in [0.4, 0.5) is 5.69 Å². The second-order valence-corrected chi connectivity index (χ2v) is 10.4. The van der Waals surface area contributed by atoms with Crippen LogP contribution in [0.15, 0.2) is 54.6 Å². The van der Waals surface area contributed by atoms with Gasteiger partial charge in [0, 0.05) is 50.4 Å². The molecule has 10 heteroatoms. The van der Waals surface area contributed by atoms with Crippen LogP contribution in [0.2, 0.25) is 0 Å². The summed E-state index contributed by atoms with van der Waals surface area (Å²) in [4.78, 5) is 40.1. The van der Waals surface area contributed by atoms with Gasteiger partial charge in [-0.2, -0.15) is 4.31 Å². The van der Waals surface area contributed by atoms with Crippen molar-refractivity contribution in [1.82, 2.24) is 14.5 Å². The van der Waals surface area contributed by atoms with Gasteiger partial charge in [-0.3, -0.25) is 14.4 Å². The zero-order valence-electron chi connectivity index (χ0n) is 18.9. The maximum Gasteiger partial charge on any atom is 0.251 e. The summed E-state index contributed by atoms with van der Waals surface area (Å²) in [6.07, 6.45) is 1.37. The van der Waals surface area contributed by atoms with Crippen LogP contribution in [0.1, 0.15) is 28.8 Å². The van der Waals surface area contributed by atoms with Gasteiger partial charge in [-0.15, -0.1) is 0 Å². The summed E-state index contributed by atoms with van der Waals surface area (Å²) < 4.78 is 26.8. The Morgan fingerprint density at radius 1 is 0.882 bits per heavy atom. The van der Waals surface area contributed by atoms with Gasteiger partial charge in [0.2, 0.25) is 21.8 Å². The van der Waals surface area contributed by atoms with E-state index in [0.29, 0.717) is 18.5 Å². The van der Waals surface area contributed by atoms with Crippen molar-refractivity contribution in [3.63, 3.8) is 0 Å². The molecule has 34 heavy (non-hydrogen) atoms. The minimum Gasteiger partial charge on any atom is -0.343 e. The molecule has 0 atom stereocenters. The molecule has 3 amide bonds. The normalized spacial score (nSPS) is 17.1. The highest BCUT2D eigenvalue weighted by Crippen LogP contribution is 2.21. The molecule has 0 aromatic heterocycles. The number of benzene rings is 2. The molecule has 0 bridgehead atoms. The number of anilines is 1. The summed E-state index contributed by atoms with van der Waals surface area (Å²) in [5, 5.41) is 2.63. The van der Waals surface area contributed by atoms with Gasteiger partial charge in [0.05, 0.1) is 12.3 Å². The topological polar surface area (TPSA) is 107 Å². The smallest absolute Gasteiger partial charge is 0.251 e. The van der Waals surface area contributed by atoms with Crippen LogP contribution in [-0.4, -0.2) is 74.6 Å². The Labute approximate surface area is 199 Å². The summed E-state index contributed by atoms with van der Waals surface area (Å²) in [5.74, 6) is -0.622. The van der Waals surface area contributed by atoms with Gasteiger partial charge in [0.25, 0.3) is 5.91 Å². The van der Waals surface area contributed by atoms with Gasteiger partial charge in [-0.25, -0.2) is 8.42 Å². The molecule has 0 radical (unpaired) electrons. The third-order valence-corrected chi connectivity index (χ3v) is 7.94. The van der Waals surface area contributed by atoms with E-state index in [1.165, 1.54) is 4.31 Å². The van der Waals surface area contributed by atoms with Crippen LogP contribution >= 0.6 is 0 Å². The van der Waals surface area contributed by atoms with Crippen molar-refractivity contribution in [3.8, 4) is 0 Å². The first-order valence-corrected chi connectivity index (χ1v) is 12.9. The number of sulfonamides is 1. The molecule has 2 aliphatic rings. The number of nitrogens with zero attached hydrogens (tertiary/aromatic N) is 3. The van der Waals surface area contributed by atoms with Gasteiger partial charge in [-0.05, 0) is 36.2 Å². The van der Waals surface area contributed by atoms with E-state index in [1.54, 1.807) is 58.3 Å². The molecular formula is C24H28N4O5S. The highest BCUT2D eigenvalue weighted by Gasteiger charge is 2.29. The minimum absolute atomic E-state index is 0.0669. The second kappa shape index (κ2) is 10.4. The van der Waals surface area contributed by atoms with Crippen molar-refractivity contribution in [2.75, 3.05) is 44.2 Å². The average Bonchev–Trinajstić information content (AvgIpc) is 3.28. The van der Waals surface area contributed by atoms with Crippen LogP contribution in [0.25, 0.3) is 0 Å². The summed E-state index contributed by atoms with van der Waals surface area (Å²) >= 11 is 0. The van der Waals surface area contributed by atoms with Crippen LogP contribution < -0.4 is 10.2 Å². The van der Waals surface area contributed by atoms with E-state index in [0.717, 1.165) is 17.7 Å². The second-order valence-electron chi connectivity index (χ2n) is 8.40. The number of nitrogens with one attached hydrogen (secondary N) is 1. The fourth-order valence-corrected chi connectivity index (χ4v) is 5.69. The van der Waals surface area contributed by atoms with Crippen molar-refractivity contribution < 1.29 is 22.8 Å². The Balaban J connectivity index is 1.24. The largest absolute Gasteiger partial charge is 0.343 e. The van der Waals surface area contributed by atoms with Gasteiger partial charge in [0.15, 0.2) is 0 Å². The Morgan fingerprint density at radius 3 is 2.18 bits per heavy atom. The number of hydrogen-bond acceptors (Lipinski definition) is 5. The predicted molar refractivity (Wildman–Crippen MR) is 128 cm³/mol. The zero-order valence-corrected chi connectivity index (χ0v) is 19.7. The maximum atomic E-state index is 12.7. The number of amides is 3.